The third kappa shape index (κ3) is 5.14. The molecule has 98 valence electrons. The van der Waals surface area contributed by atoms with E-state index in [0.717, 1.165) is 0 Å². The molecule has 1 atom stereocenters. The minimum Gasteiger partial charge on any atom is -0.354 e. The predicted octanol–water partition coefficient (Wildman–Crippen LogP) is 1.90. The second-order valence-electron chi connectivity index (χ2n) is 3.71. The van der Waals surface area contributed by atoms with Crippen molar-refractivity contribution >= 4 is 29.1 Å². The van der Waals surface area contributed by atoms with Gasteiger partial charge >= 0.3 is 0 Å². The van der Waals surface area contributed by atoms with E-state index in [1.165, 1.54) is 24.3 Å². The highest BCUT2D eigenvalue weighted by molar-refractivity contribution is 6.30. The maximum absolute atomic E-state index is 12.6. The van der Waals surface area contributed by atoms with Crippen molar-refractivity contribution in [2.75, 3.05) is 11.9 Å². The van der Waals surface area contributed by atoms with Crippen LogP contribution in [0.4, 0.5) is 10.1 Å². The van der Waals surface area contributed by atoms with Crippen molar-refractivity contribution in [1.82, 2.24) is 5.32 Å². The summed E-state index contributed by atoms with van der Waals surface area (Å²) in [5.74, 6) is -0.938. The van der Waals surface area contributed by atoms with Crippen molar-refractivity contribution in [1.29, 1.82) is 0 Å². The molecule has 0 aliphatic rings. The summed E-state index contributed by atoms with van der Waals surface area (Å²) < 4.78 is 12.6. The molecule has 0 aliphatic heterocycles. The molecule has 0 saturated carbocycles. The summed E-state index contributed by atoms with van der Waals surface area (Å²) >= 11 is 5.54. The number of anilines is 1. The van der Waals surface area contributed by atoms with E-state index >= 15 is 0 Å². The van der Waals surface area contributed by atoms with Crippen molar-refractivity contribution in [3.63, 3.8) is 0 Å². The number of nitrogens with one attached hydrogen (secondary N) is 2. The highest BCUT2D eigenvalue weighted by atomic mass is 35.5. The van der Waals surface area contributed by atoms with Crippen LogP contribution in [-0.4, -0.2) is 23.7 Å². The van der Waals surface area contributed by atoms with Crippen LogP contribution in [0, 0.1) is 5.82 Å². The first kappa shape index (κ1) is 14.4. The number of hydrogen-bond acceptors (Lipinski definition) is 2. The van der Waals surface area contributed by atoms with Gasteiger partial charge in [-0.25, -0.2) is 4.39 Å². The Morgan fingerprint density at radius 2 is 1.94 bits per heavy atom. The van der Waals surface area contributed by atoms with Crippen LogP contribution < -0.4 is 10.6 Å². The maximum Gasteiger partial charge on any atom is 0.237 e. The normalized spacial score (nSPS) is 11.7. The Kier molecular flexibility index (Phi) is 5.58. The van der Waals surface area contributed by atoms with Gasteiger partial charge in [-0.15, -0.1) is 11.6 Å². The number of rotatable bonds is 5. The molecule has 0 radical (unpaired) electrons. The van der Waals surface area contributed by atoms with Gasteiger partial charge in [0.15, 0.2) is 0 Å². The van der Waals surface area contributed by atoms with Gasteiger partial charge in [0.1, 0.15) is 11.2 Å². The molecule has 0 bridgehead atoms. The molecule has 0 saturated heterocycles. The summed E-state index contributed by atoms with van der Waals surface area (Å²) in [5.41, 5.74) is 0.512. The number of amides is 2. The van der Waals surface area contributed by atoms with Gasteiger partial charge in [0.05, 0.1) is 0 Å². The Balaban J connectivity index is 2.30. The third-order valence-corrected chi connectivity index (χ3v) is 2.34. The fourth-order valence-electron chi connectivity index (χ4n) is 1.20. The Hall–Kier alpha value is -1.62. The third-order valence-electron chi connectivity index (χ3n) is 2.14. The summed E-state index contributed by atoms with van der Waals surface area (Å²) in [7, 11) is 0. The van der Waals surface area contributed by atoms with Crippen molar-refractivity contribution < 1.29 is 14.0 Å². The van der Waals surface area contributed by atoms with Gasteiger partial charge in [0.2, 0.25) is 11.8 Å². The maximum atomic E-state index is 12.6. The molecule has 0 unspecified atom stereocenters. The van der Waals surface area contributed by atoms with Crippen LogP contribution in [0.3, 0.4) is 0 Å². The molecule has 6 heteroatoms. The second kappa shape index (κ2) is 6.96. The molecule has 4 nitrogen and oxygen atoms in total. The van der Waals surface area contributed by atoms with E-state index in [9.17, 15) is 14.0 Å². The van der Waals surface area contributed by atoms with E-state index < -0.39 is 5.38 Å². The Morgan fingerprint density at radius 1 is 1.33 bits per heavy atom. The standard InChI is InChI=1S/C12H14ClFN2O2/c1-8(13)12(18)15-7-6-11(17)16-10-4-2-9(14)3-5-10/h2-5,8H,6-7H2,1H3,(H,15,18)(H,16,17)/t8-/m1/s1. The molecule has 2 amide bonds. The zero-order valence-electron chi connectivity index (χ0n) is 9.87. The number of alkyl halides is 1. The monoisotopic (exact) mass is 272 g/mol. The van der Waals surface area contributed by atoms with Gasteiger partial charge in [-0.3, -0.25) is 9.59 Å². The van der Waals surface area contributed by atoms with Gasteiger partial charge in [0, 0.05) is 18.7 Å². The number of benzene rings is 1. The minimum absolute atomic E-state index is 0.132. The van der Waals surface area contributed by atoms with Gasteiger partial charge in [-0.2, -0.15) is 0 Å². The highest BCUT2D eigenvalue weighted by Gasteiger charge is 2.09. The lowest BCUT2D eigenvalue weighted by molar-refractivity contribution is -0.120. The lowest BCUT2D eigenvalue weighted by Gasteiger charge is -2.07. The van der Waals surface area contributed by atoms with Gasteiger partial charge in [-0.05, 0) is 31.2 Å². The molecule has 1 rings (SSSR count). The van der Waals surface area contributed by atoms with E-state index in [-0.39, 0.29) is 30.6 Å². The smallest absolute Gasteiger partial charge is 0.237 e. The molecule has 1 aromatic carbocycles. The average Bonchev–Trinajstić information content (AvgIpc) is 2.32. The summed E-state index contributed by atoms with van der Waals surface area (Å²) in [6.07, 6.45) is 0.132. The molecule has 0 fully saturated rings. The van der Waals surface area contributed by atoms with Crippen molar-refractivity contribution in [2.24, 2.45) is 0 Å². The summed E-state index contributed by atoms with van der Waals surface area (Å²) in [5, 5.41) is 4.48. The van der Waals surface area contributed by atoms with E-state index in [4.69, 9.17) is 11.6 Å². The topological polar surface area (TPSA) is 58.2 Å². The highest BCUT2D eigenvalue weighted by Crippen LogP contribution is 2.08. The molecule has 0 aliphatic carbocycles. The zero-order chi connectivity index (χ0) is 13.5. The van der Waals surface area contributed by atoms with Crippen LogP contribution in [-0.2, 0) is 9.59 Å². The fourth-order valence-corrected chi connectivity index (χ4v) is 1.27. The summed E-state index contributed by atoms with van der Waals surface area (Å²) in [4.78, 5) is 22.6. The van der Waals surface area contributed by atoms with E-state index in [0.29, 0.717) is 5.69 Å². The van der Waals surface area contributed by atoms with Crippen molar-refractivity contribution in [2.45, 2.75) is 18.7 Å². The van der Waals surface area contributed by atoms with Crippen molar-refractivity contribution in [3.05, 3.63) is 30.1 Å². The fraction of sp³-hybridized carbons (Fsp3) is 0.333. The predicted molar refractivity (Wildman–Crippen MR) is 68.0 cm³/mol. The largest absolute Gasteiger partial charge is 0.354 e. The Morgan fingerprint density at radius 3 is 2.50 bits per heavy atom. The molecular weight excluding hydrogens is 259 g/mol. The molecule has 0 aromatic heterocycles. The molecule has 1 aromatic rings. The number of hydrogen-bond donors (Lipinski definition) is 2. The summed E-state index contributed by atoms with van der Waals surface area (Å²) in [6.45, 7) is 1.76. The number of halogens is 2. The number of carbonyl (C=O) groups excluding carboxylic acids is 2. The molecule has 0 spiro atoms. The van der Waals surface area contributed by atoms with E-state index in [1.54, 1.807) is 6.92 Å². The van der Waals surface area contributed by atoms with Gasteiger partial charge < -0.3 is 10.6 Å². The van der Waals surface area contributed by atoms with E-state index in [1.807, 2.05) is 0 Å². The molecule has 2 N–H and O–H groups in total. The molecule has 18 heavy (non-hydrogen) atoms. The van der Waals surface area contributed by atoms with Crippen LogP contribution in [0.2, 0.25) is 0 Å². The first-order valence-corrected chi connectivity index (χ1v) is 5.90. The second-order valence-corrected chi connectivity index (χ2v) is 4.37. The van der Waals surface area contributed by atoms with Crippen molar-refractivity contribution in [3.8, 4) is 0 Å². The van der Waals surface area contributed by atoms with Crippen LogP contribution in [0.5, 0.6) is 0 Å². The lowest BCUT2D eigenvalue weighted by Crippen LogP contribution is -2.32. The number of carbonyl (C=O) groups is 2. The molecular formula is C12H14ClFN2O2. The average molecular weight is 273 g/mol. The quantitative estimate of drug-likeness (QED) is 0.805. The van der Waals surface area contributed by atoms with E-state index in [2.05, 4.69) is 10.6 Å². The van der Waals surface area contributed by atoms with Gasteiger partial charge in [0.25, 0.3) is 0 Å². The Bertz CT molecular complexity index is 421. The minimum atomic E-state index is -0.620. The lowest BCUT2D eigenvalue weighted by atomic mass is 10.3. The van der Waals surface area contributed by atoms with Crippen LogP contribution in [0.1, 0.15) is 13.3 Å². The summed E-state index contributed by atoms with van der Waals surface area (Å²) in [6, 6.07) is 5.44. The SMILES string of the molecule is C[C@@H](Cl)C(=O)NCCC(=O)Nc1ccc(F)cc1. The van der Waals surface area contributed by atoms with Crippen LogP contribution in [0.15, 0.2) is 24.3 Å². The molecule has 0 heterocycles. The first-order chi connectivity index (χ1) is 8.49. The van der Waals surface area contributed by atoms with Crippen LogP contribution in [0.25, 0.3) is 0 Å². The first-order valence-electron chi connectivity index (χ1n) is 5.46. The van der Waals surface area contributed by atoms with Crippen LogP contribution >= 0.6 is 11.6 Å². The van der Waals surface area contributed by atoms with Gasteiger partial charge in [-0.1, -0.05) is 0 Å². The Labute approximate surface area is 110 Å². The zero-order valence-corrected chi connectivity index (χ0v) is 10.6.